The van der Waals surface area contributed by atoms with Gasteiger partial charge in [-0.1, -0.05) is 36.9 Å². The van der Waals surface area contributed by atoms with Gasteiger partial charge in [0, 0.05) is 17.1 Å². The highest BCUT2D eigenvalue weighted by Gasteiger charge is 2.06. The lowest BCUT2D eigenvalue weighted by atomic mass is 10.1. The number of nitrogens with one attached hydrogen (secondary N) is 1. The Balaban J connectivity index is 1.70. The van der Waals surface area contributed by atoms with Crippen LogP contribution < -0.4 is 5.32 Å². The molecule has 0 aliphatic carbocycles. The van der Waals surface area contributed by atoms with Crippen LogP contribution >= 0.6 is 0 Å². The topological polar surface area (TPSA) is 67.8 Å². The van der Waals surface area contributed by atoms with Gasteiger partial charge in [0.2, 0.25) is 0 Å². The third kappa shape index (κ3) is 6.97. The normalized spacial score (nSPS) is 11.8. The van der Waals surface area contributed by atoms with Gasteiger partial charge in [-0.25, -0.2) is 0 Å². The number of hydroxylamine groups is 2. The van der Waals surface area contributed by atoms with E-state index in [0.717, 1.165) is 24.2 Å². The summed E-state index contributed by atoms with van der Waals surface area (Å²) in [6, 6.07) is 18.3. The quantitative estimate of drug-likeness (QED) is 0.628. The van der Waals surface area contributed by atoms with Crippen molar-refractivity contribution in [3.63, 3.8) is 0 Å². The highest BCUT2D eigenvalue weighted by atomic mass is 16.9. The molecule has 0 fully saturated rings. The van der Waals surface area contributed by atoms with Crippen LogP contribution in [-0.2, 0) is 11.3 Å². The van der Waals surface area contributed by atoms with Crippen molar-refractivity contribution < 1.29 is 9.94 Å². The third-order valence-electron chi connectivity index (χ3n) is 3.72. The van der Waals surface area contributed by atoms with E-state index in [2.05, 4.69) is 24.0 Å². The van der Waals surface area contributed by atoms with Gasteiger partial charge in [0.05, 0.1) is 12.7 Å². The molecule has 0 radical (unpaired) electrons. The molecule has 0 amide bonds. The first kappa shape index (κ1) is 19.0. The van der Waals surface area contributed by atoms with Crippen LogP contribution in [0, 0.1) is 5.21 Å². The van der Waals surface area contributed by atoms with Gasteiger partial charge >= 0.3 is 0 Å². The predicted octanol–water partition coefficient (Wildman–Crippen LogP) is 4.38. The summed E-state index contributed by atoms with van der Waals surface area (Å²) in [5.41, 5.74) is 3.56. The van der Waals surface area contributed by atoms with E-state index in [9.17, 15) is 10.3 Å². The molecule has 0 aromatic heterocycles. The molecule has 0 spiro atoms. The third-order valence-corrected chi connectivity index (χ3v) is 3.72. The summed E-state index contributed by atoms with van der Waals surface area (Å²) in [6.45, 7) is 5.00. The molecule has 2 N–H and O–H groups in total. The van der Waals surface area contributed by atoms with Crippen molar-refractivity contribution in [2.75, 3.05) is 11.9 Å². The molecule has 2 aromatic rings. The lowest BCUT2D eigenvalue weighted by Gasteiger charge is -2.29. The maximum absolute atomic E-state index is 11.2. The number of para-hydroxylation sites is 1. The smallest absolute Gasteiger partial charge is 0.0997 e. The fourth-order valence-corrected chi connectivity index (χ4v) is 2.33. The van der Waals surface area contributed by atoms with Crippen molar-refractivity contribution in [3.8, 4) is 0 Å². The van der Waals surface area contributed by atoms with Crippen LogP contribution in [0.5, 0.6) is 0 Å². The summed E-state index contributed by atoms with van der Waals surface area (Å²) < 4.78 is 0. The van der Waals surface area contributed by atoms with E-state index in [4.69, 9.17) is 4.84 Å². The van der Waals surface area contributed by atoms with Crippen molar-refractivity contribution in [2.45, 2.75) is 32.3 Å². The van der Waals surface area contributed by atoms with Gasteiger partial charge in [-0.2, -0.15) is 0 Å². The van der Waals surface area contributed by atoms with Crippen LogP contribution in [-0.4, -0.2) is 23.0 Å². The van der Waals surface area contributed by atoms with Gasteiger partial charge in [-0.15, -0.1) is 0 Å². The van der Waals surface area contributed by atoms with Crippen molar-refractivity contribution in [1.82, 2.24) is 5.23 Å². The minimum atomic E-state index is -0.658. The summed E-state index contributed by atoms with van der Waals surface area (Å²) in [7, 11) is 0. The molecule has 1 atom stereocenters. The fourth-order valence-electron chi connectivity index (χ4n) is 2.33. The SMILES string of the molecule is C=C(C)N([O-])OCC(O)CCCc1ccc(Nc2ccccc2)cc1. The van der Waals surface area contributed by atoms with Crippen molar-refractivity contribution in [2.24, 2.45) is 0 Å². The van der Waals surface area contributed by atoms with Gasteiger partial charge in [-0.3, -0.25) is 4.84 Å². The highest BCUT2D eigenvalue weighted by Crippen LogP contribution is 2.17. The van der Waals surface area contributed by atoms with Crippen LogP contribution in [0.25, 0.3) is 0 Å². The summed E-state index contributed by atoms with van der Waals surface area (Å²) in [4.78, 5) is 4.86. The number of hydrogen-bond acceptors (Lipinski definition) is 5. The number of benzene rings is 2. The minimum absolute atomic E-state index is 0.0176. The molecule has 0 aliphatic rings. The van der Waals surface area contributed by atoms with Gasteiger partial charge in [0.25, 0.3) is 0 Å². The zero-order valence-corrected chi connectivity index (χ0v) is 14.5. The first-order valence-electron chi connectivity index (χ1n) is 8.39. The molecule has 0 heterocycles. The van der Waals surface area contributed by atoms with Crippen LogP contribution in [0.4, 0.5) is 11.4 Å². The lowest BCUT2D eigenvalue weighted by molar-refractivity contribution is -0.122. The average Bonchev–Trinajstić information content (AvgIpc) is 2.62. The first-order chi connectivity index (χ1) is 12.0. The number of rotatable bonds is 10. The molecule has 2 rings (SSSR count). The summed E-state index contributed by atoms with van der Waals surface area (Å²) >= 11 is 0. The zero-order valence-electron chi connectivity index (χ0n) is 14.5. The van der Waals surface area contributed by atoms with Crippen LogP contribution in [0.1, 0.15) is 25.3 Å². The Morgan fingerprint density at radius 2 is 1.80 bits per heavy atom. The molecule has 1 unspecified atom stereocenters. The van der Waals surface area contributed by atoms with E-state index >= 15 is 0 Å². The van der Waals surface area contributed by atoms with Crippen molar-refractivity contribution in [3.05, 3.63) is 77.6 Å². The first-order valence-corrected chi connectivity index (χ1v) is 8.39. The van der Waals surface area contributed by atoms with E-state index in [-0.39, 0.29) is 12.3 Å². The number of anilines is 2. The van der Waals surface area contributed by atoms with Gasteiger partial charge < -0.3 is 20.9 Å². The van der Waals surface area contributed by atoms with Crippen LogP contribution in [0.15, 0.2) is 66.9 Å². The Kier molecular flexibility index (Phi) is 7.47. The van der Waals surface area contributed by atoms with Gasteiger partial charge in [0.15, 0.2) is 0 Å². The van der Waals surface area contributed by atoms with E-state index in [1.165, 1.54) is 5.56 Å². The van der Waals surface area contributed by atoms with E-state index in [1.807, 2.05) is 42.5 Å². The number of aliphatic hydroxyl groups is 1. The van der Waals surface area contributed by atoms with E-state index in [0.29, 0.717) is 11.6 Å². The largest absolute Gasteiger partial charge is 0.734 e. The molecular weight excluding hydrogens is 316 g/mol. The van der Waals surface area contributed by atoms with E-state index < -0.39 is 6.10 Å². The zero-order chi connectivity index (χ0) is 18.1. The number of allylic oxidation sites excluding steroid dienone is 1. The van der Waals surface area contributed by atoms with Crippen LogP contribution in [0.3, 0.4) is 0 Å². The molecule has 134 valence electrons. The van der Waals surface area contributed by atoms with Gasteiger partial charge in [-0.05, 0) is 56.0 Å². The molecule has 0 bridgehead atoms. The standard InChI is InChI=1S/C20H25N2O3/c1-16(2)22(24)25-15-20(23)10-6-7-17-11-13-19(14-12-17)21-18-8-4-3-5-9-18/h3-5,8-9,11-14,20-21,23H,1,6-7,10,15H2,2H3/q-1. The Morgan fingerprint density at radius 3 is 2.44 bits per heavy atom. The Bertz CT molecular complexity index is 644. The predicted molar refractivity (Wildman–Crippen MR) is 101 cm³/mol. The molecule has 5 heteroatoms. The fraction of sp³-hybridized carbons (Fsp3) is 0.300. The monoisotopic (exact) mass is 341 g/mol. The molecule has 0 saturated carbocycles. The number of nitrogens with zero attached hydrogens (tertiary/aromatic N) is 1. The molecule has 0 saturated heterocycles. The maximum atomic E-state index is 11.2. The Hall–Kier alpha value is -2.34. The molecule has 25 heavy (non-hydrogen) atoms. The number of aliphatic hydroxyl groups excluding tert-OH is 1. The maximum Gasteiger partial charge on any atom is 0.0997 e. The highest BCUT2D eigenvalue weighted by molar-refractivity contribution is 5.59. The average molecular weight is 341 g/mol. The number of aryl methyl sites for hydroxylation is 1. The second-order valence-corrected chi connectivity index (χ2v) is 6.02. The molecule has 0 aliphatic heterocycles. The van der Waals surface area contributed by atoms with Gasteiger partial charge in [0.1, 0.15) is 0 Å². The summed E-state index contributed by atoms with van der Waals surface area (Å²) in [6.07, 6.45) is 1.61. The summed E-state index contributed by atoms with van der Waals surface area (Å²) in [5.74, 6) is 0. The summed E-state index contributed by atoms with van der Waals surface area (Å²) in [5, 5.41) is 24.7. The molecular formula is C20H25N2O3-. The second kappa shape index (κ2) is 9.84. The van der Waals surface area contributed by atoms with Crippen molar-refractivity contribution in [1.29, 1.82) is 0 Å². The Labute approximate surface area is 149 Å². The number of hydrogen-bond donors (Lipinski definition) is 2. The van der Waals surface area contributed by atoms with Crippen molar-refractivity contribution >= 4 is 11.4 Å². The van der Waals surface area contributed by atoms with E-state index in [1.54, 1.807) is 6.92 Å². The van der Waals surface area contributed by atoms with Crippen LogP contribution in [0.2, 0.25) is 0 Å². The Morgan fingerprint density at radius 1 is 1.16 bits per heavy atom. The lowest BCUT2D eigenvalue weighted by Crippen LogP contribution is -2.22. The molecule has 5 nitrogen and oxygen atoms in total. The minimum Gasteiger partial charge on any atom is -0.734 e. The molecule has 2 aromatic carbocycles. The second-order valence-electron chi connectivity index (χ2n) is 6.02.